The van der Waals surface area contributed by atoms with E-state index in [0.717, 1.165) is 22.4 Å². The molecule has 0 aliphatic carbocycles. The quantitative estimate of drug-likeness (QED) is 0.673. The number of aromatic nitrogens is 2. The highest BCUT2D eigenvalue weighted by molar-refractivity contribution is 6.30. The molecule has 27 heavy (non-hydrogen) atoms. The first-order valence-corrected chi connectivity index (χ1v) is 9.55. The number of benzene rings is 2. The highest BCUT2D eigenvalue weighted by atomic mass is 35.5. The van der Waals surface area contributed by atoms with E-state index >= 15 is 0 Å². The molecule has 0 fully saturated rings. The lowest BCUT2D eigenvalue weighted by Crippen LogP contribution is -2.32. The molecule has 4 rings (SSSR count). The molecule has 0 bridgehead atoms. The topological polar surface area (TPSA) is 49.0 Å². The molecule has 1 amide bonds. The van der Waals surface area contributed by atoms with Gasteiger partial charge in [0.15, 0.2) is 0 Å². The van der Waals surface area contributed by atoms with Gasteiger partial charge in [-0.2, -0.15) is 5.10 Å². The van der Waals surface area contributed by atoms with E-state index in [1.165, 1.54) is 5.56 Å². The number of carbonyl (C=O) groups is 1. The smallest absolute Gasteiger partial charge is 0.273 e. The monoisotopic (exact) mass is 379 g/mol. The number of nitrogens with zero attached hydrogens (tertiary/aromatic N) is 2. The summed E-state index contributed by atoms with van der Waals surface area (Å²) in [4.78, 5) is 15.0. The molecule has 2 aromatic carbocycles. The molecule has 1 atom stereocenters. The van der Waals surface area contributed by atoms with Gasteiger partial charge in [0.05, 0.1) is 11.7 Å². The minimum absolute atomic E-state index is 0.00506. The number of carbonyl (C=O) groups excluding carboxylic acids is 1. The number of rotatable bonds is 4. The molecule has 138 valence electrons. The zero-order valence-corrected chi connectivity index (χ0v) is 16.4. The van der Waals surface area contributed by atoms with Crippen molar-refractivity contribution in [3.63, 3.8) is 0 Å². The van der Waals surface area contributed by atoms with Crippen molar-refractivity contribution >= 4 is 17.5 Å². The van der Waals surface area contributed by atoms with Crippen LogP contribution < -0.4 is 0 Å². The lowest BCUT2D eigenvalue weighted by molar-refractivity contribution is 0.0722. The molecular weight excluding hydrogens is 358 g/mol. The second-order valence-corrected chi connectivity index (χ2v) is 7.97. The summed E-state index contributed by atoms with van der Waals surface area (Å²) in [6, 6.07) is 15.8. The highest BCUT2D eigenvalue weighted by Gasteiger charge is 2.42. The summed E-state index contributed by atoms with van der Waals surface area (Å²) in [5.74, 6) is 0.352. The van der Waals surface area contributed by atoms with Gasteiger partial charge in [0, 0.05) is 22.7 Å². The van der Waals surface area contributed by atoms with Crippen LogP contribution in [0.4, 0.5) is 0 Å². The molecule has 4 nitrogen and oxygen atoms in total. The third-order valence-corrected chi connectivity index (χ3v) is 5.15. The van der Waals surface area contributed by atoms with Crippen LogP contribution in [0.15, 0.2) is 48.5 Å². The van der Waals surface area contributed by atoms with Crippen LogP contribution in [-0.2, 0) is 0 Å². The van der Waals surface area contributed by atoms with Crippen LogP contribution in [0.5, 0.6) is 0 Å². The average Bonchev–Trinajstić information content (AvgIpc) is 3.15. The molecule has 0 radical (unpaired) electrons. The number of aromatic amines is 1. The van der Waals surface area contributed by atoms with E-state index in [1.54, 1.807) is 0 Å². The van der Waals surface area contributed by atoms with Gasteiger partial charge in [-0.05, 0) is 30.5 Å². The molecule has 3 aromatic rings. The van der Waals surface area contributed by atoms with Crippen LogP contribution in [0.3, 0.4) is 0 Å². The Kier molecular flexibility index (Phi) is 4.52. The van der Waals surface area contributed by atoms with Crippen LogP contribution in [-0.4, -0.2) is 27.5 Å². The fourth-order valence-corrected chi connectivity index (χ4v) is 3.93. The molecule has 1 unspecified atom stereocenters. The second kappa shape index (κ2) is 6.86. The van der Waals surface area contributed by atoms with Gasteiger partial charge in [-0.3, -0.25) is 9.89 Å². The molecule has 0 saturated heterocycles. The maximum atomic E-state index is 13.1. The minimum Gasteiger partial charge on any atom is -0.326 e. The predicted octanol–water partition coefficient (Wildman–Crippen LogP) is 5.24. The highest BCUT2D eigenvalue weighted by Crippen LogP contribution is 2.43. The van der Waals surface area contributed by atoms with Crippen molar-refractivity contribution in [1.82, 2.24) is 15.1 Å². The minimum atomic E-state index is -0.191. The van der Waals surface area contributed by atoms with Crippen molar-refractivity contribution in [2.24, 2.45) is 5.92 Å². The van der Waals surface area contributed by atoms with Crippen LogP contribution in [0.25, 0.3) is 11.3 Å². The fourth-order valence-electron chi connectivity index (χ4n) is 3.73. The van der Waals surface area contributed by atoms with Crippen LogP contribution >= 0.6 is 11.6 Å². The molecule has 1 aliphatic heterocycles. The predicted molar refractivity (Wildman–Crippen MR) is 108 cm³/mol. The van der Waals surface area contributed by atoms with Gasteiger partial charge in [-0.1, -0.05) is 67.4 Å². The van der Waals surface area contributed by atoms with Crippen molar-refractivity contribution in [3.8, 4) is 11.3 Å². The van der Waals surface area contributed by atoms with Gasteiger partial charge in [-0.15, -0.1) is 0 Å². The number of amides is 1. The Hall–Kier alpha value is -2.59. The fraction of sp³-hybridized carbons (Fsp3) is 0.273. The third-order valence-electron chi connectivity index (χ3n) is 4.92. The Morgan fingerprint density at radius 3 is 2.59 bits per heavy atom. The van der Waals surface area contributed by atoms with Crippen molar-refractivity contribution in [2.45, 2.75) is 26.8 Å². The van der Waals surface area contributed by atoms with Crippen LogP contribution in [0.2, 0.25) is 5.02 Å². The first kappa shape index (κ1) is 17.8. The molecule has 0 spiro atoms. The molecule has 5 heteroatoms. The van der Waals surface area contributed by atoms with Crippen LogP contribution in [0, 0.1) is 12.8 Å². The maximum absolute atomic E-state index is 13.1. The number of nitrogens with one attached hydrogen (secondary N) is 1. The van der Waals surface area contributed by atoms with E-state index in [0.29, 0.717) is 23.2 Å². The Bertz CT molecular complexity index is 991. The summed E-state index contributed by atoms with van der Waals surface area (Å²) >= 11 is 6.26. The number of fused-ring (bicyclic) bond motifs is 1. The number of hydrogen-bond acceptors (Lipinski definition) is 2. The second-order valence-electron chi connectivity index (χ2n) is 7.54. The van der Waals surface area contributed by atoms with Crippen molar-refractivity contribution in [3.05, 3.63) is 75.9 Å². The molecule has 1 N–H and O–H groups in total. The standard InChI is InChI=1S/C22H22ClN3O/c1-13(2)12-26-21(16-5-4-6-17(23)11-16)18-19(24-25-20(18)22(26)27)15-9-7-14(3)8-10-15/h4-11,13,21H,12H2,1-3H3,(H,24,25). The van der Waals surface area contributed by atoms with Crippen molar-refractivity contribution in [2.75, 3.05) is 6.54 Å². The van der Waals surface area contributed by atoms with Gasteiger partial charge >= 0.3 is 0 Å². The van der Waals surface area contributed by atoms with Gasteiger partial charge in [0.25, 0.3) is 5.91 Å². The summed E-state index contributed by atoms with van der Waals surface area (Å²) in [6.45, 7) is 6.97. The largest absolute Gasteiger partial charge is 0.326 e. The Labute approximate surface area is 164 Å². The Balaban J connectivity index is 1.89. The maximum Gasteiger partial charge on any atom is 0.273 e. The zero-order chi connectivity index (χ0) is 19.1. The lowest BCUT2D eigenvalue weighted by atomic mass is 9.95. The number of H-pyrrole nitrogens is 1. The van der Waals surface area contributed by atoms with E-state index in [-0.39, 0.29) is 11.9 Å². The van der Waals surface area contributed by atoms with Gasteiger partial charge in [0.2, 0.25) is 0 Å². The van der Waals surface area contributed by atoms with E-state index < -0.39 is 0 Å². The summed E-state index contributed by atoms with van der Waals surface area (Å²) in [5.41, 5.74) is 5.54. The van der Waals surface area contributed by atoms with E-state index in [9.17, 15) is 4.79 Å². The molecule has 1 aromatic heterocycles. The first-order chi connectivity index (χ1) is 13.0. The van der Waals surface area contributed by atoms with Crippen LogP contribution in [0.1, 0.15) is 47.1 Å². The SMILES string of the molecule is Cc1ccc(-c2n[nH]c3c2C(c2cccc(Cl)c2)N(CC(C)C)C3=O)cc1. The van der Waals surface area contributed by atoms with Crippen molar-refractivity contribution in [1.29, 1.82) is 0 Å². The summed E-state index contributed by atoms with van der Waals surface area (Å²) in [6.07, 6.45) is 0. The first-order valence-electron chi connectivity index (χ1n) is 9.17. The van der Waals surface area contributed by atoms with Gasteiger partial charge in [0.1, 0.15) is 5.69 Å². The Morgan fingerprint density at radius 1 is 1.19 bits per heavy atom. The average molecular weight is 380 g/mol. The molecular formula is C22H22ClN3O. The summed E-state index contributed by atoms with van der Waals surface area (Å²) in [7, 11) is 0. The van der Waals surface area contributed by atoms with Gasteiger partial charge < -0.3 is 4.90 Å². The van der Waals surface area contributed by atoms with Crippen molar-refractivity contribution < 1.29 is 4.79 Å². The molecule has 0 saturated carbocycles. The van der Waals surface area contributed by atoms with E-state index in [4.69, 9.17) is 11.6 Å². The van der Waals surface area contributed by atoms with E-state index in [1.807, 2.05) is 29.2 Å². The number of halogens is 1. The summed E-state index contributed by atoms with van der Waals surface area (Å²) < 4.78 is 0. The molecule has 1 aliphatic rings. The third kappa shape index (κ3) is 3.15. The lowest BCUT2D eigenvalue weighted by Gasteiger charge is -2.28. The van der Waals surface area contributed by atoms with E-state index in [2.05, 4.69) is 55.2 Å². The molecule has 2 heterocycles. The Morgan fingerprint density at radius 2 is 1.93 bits per heavy atom. The number of aryl methyl sites for hydroxylation is 1. The summed E-state index contributed by atoms with van der Waals surface area (Å²) in [5, 5.41) is 8.15. The number of hydrogen-bond donors (Lipinski definition) is 1. The van der Waals surface area contributed by atoms with Gasteiger partial charge in [-0.25, -0.2) is 0 Å². The zero-order valence-electron chi connectivity index (χ0n) is 15.7. The normalized spacial score (nSPS) is 16.3.